The van der Waals surface area contributed by atoms with Crippen molar-refractivity contribution in [2.24, 2.45) is 0 Å². The molecule has 1 aliphatic heterocycles. The molecule has 0 atom stereocenters. The van der Waals surface area contributed by atoms with E-state index in [1.807, 2.05) is 0 Å². The van der Waals surface area contributed by atoms with E-state index in [0.717, 1.165) is 5.69 Å². The van der Waals surface area contributed by atoms with Crippen LogP contribution in [-0.4, -0.2) is 15.2 Å². The zero-order chi connectivity index (χ0) is 5.40. The van der Waals surface area contributed by atoms with Gasteiger partial charge in [0.2, 0.25) is 0 Å². The average Bonchev–Trinajstić information content (AvgIpc) is 2.15. The third-order valence-corrected chi connectivity index (χ3v) is 2.53. The van der Waals surface area contributed by atoms with Crippen LogP contribution in [0.15, 0.2) is 16.9 Å². The van der Waals surface area contributed by atoms with Crippen molar-refractivity contribution in [2.75, 3.05) is 5.43 Å². The number of furan rings is 1. The Hall–Kier alpha value is -0.441. The first-order chi connectivity index (χ1) is 3.97. The van der Waals surface area contributed by atoms with Gasteiger partial charge in [-0.15, -0.1) is 0 Å². The Kier molecular flexibility index (Phi) is 0.842. The summed E-state index contributed by atoms with van der Waals surface area (Å²) in [5.74, 6) is 0. The summed E-state index contributed by atoms with van der Waals surface area (Å²) in [6.45, 7) is 0. The number of rotatable bonds is 0. The van der Waals surface area contributed by atoms with Crippen LogP contribution in [0.3, 0.4) is 0 Å². The van der Waals surface area contributed by atoms with Gasteiger partial charge in [0.25, 0.3) is 0 Å². The van der Waals surface area contributed by atoms with Gasteiger partial charge >= 0.3 is 52.1 Å². The van der Waals surface area contributed by atoms with Gasteiger partial charge < -0.3 is 0 Å². The number of hydrazine groups is 1. The minimum absolute atomic E-state index is 0.377. The topological polar surface area (TPSA) is 37.2 Å². The Balaban J connectivity index is 2.54. The molecule has 0 saturated heterocycles. The Morgan fingerprint density at radius 1 is 1.50 bits per heavy atom. The van der Waals surface area contributed by atoms with Gasteiger partial charge in [0.1, 0.15) is 0 Å². The second kappa shape index (κ2) is 1.52. The number of anilines is 1. The molecule has 0 unspecified atom stereocenters. The molecule has 2 rings (SSSR count). The van der Waals surface area contributed by atoms with Gasteiger partial charge in [-0.3, -0.25) is 0 Å². The summed E-state index contributed by atoms with van der Waals surface area (Å²) in [7, 11) is 0. The molecule has 0 spiro atoms. The maximum absolute atomic E-state index is 4.90. The quantitative estimate of drug-likeness (QED) is 0.519. The molecule has 0 saturated carbocycles. The van der Waals surface area contributed by atoms with Crippen molar-refractivity contribution in [3.63, 3.8) is 0 Å². The molecular weight excluding hydrogens is 171 g/mol. The summed E-state index contributed by atoms with van der Waals surface area (Å²) in [6, 6.07) is 0. The van der Waals surface area contributed by atoms with E-state index in [0.29, 0.717) is 15.2 Å². The van der Waals surface area contributed by atoms with Crippen LogP contribution in [0, 0.1) is 0 Å². The maximum atomic E-state index is 4.90. The molecule has 3 nitrogen and oxygen atoms in total. The Labute approximate surface area is 52.8 Å². The molecule has 2 heterocycles. The van der Waals surface area contributed by atoms with E-state index in [-0.39, 0.29) is 0 Å². The first-order valence-corrected chi connectivity index (χ1v) is 3.92. The molecular formula is C4H4N2OSe. The van der Waals surface area contributed by atoms with Crippen LogP contribution < -0.4 is 14.3 Å². The van der Waals surface area contributed by atoms with Crippen LogP contribution in [0.5, 0.6) is 0 Å². The van der Waals surface area contributed by atoms with Crippen molar-refractivity contribution < 1.29 is 4.42 Å². The van der Waals surface area contributed by atoms with Crippen molar-refractivity contribution in [2.45, 2.75) is 0 Å². The van der Waals surface area contributed by atoms with E-state index in [1.165, 1.54) is 4.46 Å². The fourth-order valence-electron chi connectivity index (χ4n) is 0.591. The zero-order valence-corrected chi connectivity index (χ0v) is 5.68. The second-order valence-corrected chi connectivity index (χ2v) is 3.26. The van der Waals surface area contributed by atoms with E-state index in [1.54, 1.807) is 12.5 Å². The molecule has 8 heavy (non-hydrogen) atoms. The molecule has 0 radical (unpaired) electrons. The molecule has 0 fully saturated rings. The molecule has 1 aliphatic rings. The number of hydrogen-bond donors (Lipinski definition) is 2. The van der Waals surface area contributed by atoms with Gasteiger partial charge in [-0.1, -0.05) is 0 Å². The third kappa shape index (κ3) is 0.477. The zero-order valence-electron chi connectivity index (χ0n) is 3.97. The average molecular weight is 175 g/mol. The van der Waals surface area contributed by atoms with Crippen LogP contribution in [-0.2, 0) is 0 Å². The Bertz CT molecular complexity index is 179. The summed E-state index contributed by atoms with van der Waals surface area (Å²) in [4.78, 5) is 0. The Morgan fingerprint density at radius 2 is 2.50 bits per heavy atom. The predicted octanol–water partition coefficient (Wildman–Crippen LogP) is -0.546. The van der Waals surface area contributed by atoms with Crippen LogP contribution in [0.25, 0.3) is 0 Å². The van der Waals surface area contributed by atoms with Gasteiger partial charge in [-0.05, 0) is 0 Å². The van der Waals surface area contributed by atoms with Gasteiger partial charge in [-0.25, -0.2) is 0 Å². The molecule has 0 aliphatic carbocycles. The van der Waals surface area contributed by atoms with Crippen LogP contribution in [0.4, 0.5) is 5.69 Å². The van der Waals surface area contributed by atoms with E-state index in [9.17, 15) is 0 Å². The number of nitrogens with one attached hydrogen (secondary N) is 2. The van der Waals surface area contributed by atoms with E-state index >= 15 is 0 Å². The summed E-state index contributed by atoms with van der Waals surface area (Å²) < 4.78 is 9.18. The third-order valence-electron chi connectivity index (χ3n) is 0.973. The predicted molar refractivity (Wildman–Crippen MR) is 30.9 cm³/mol. The number of hydrogen-bond acceptors (Lipinski definition) is 3. The van der Waals surface area contributed by atoms with Crippen LogP contribution >= 0.6 is 0 Å². The van der Waals surface area contributed by atoms with Crippen molar-refractivity contribution >= 4 is 25.3 Å². The van der Waals surface area contributed by atoms with Crippen molar-refractivity contribution in [3.8, 4) is 0 Å². The molecule has 0 amide bonds. The first-order valence-electron chi connectivity index (χ1n) is 2.21. The first kappa shape index (κ1) is 4.44. The number of fused-ring (bicyclic) bond motifs is 1. The normalized spacial score (nSPS) is 15.5. The summed E-state index contributed by atoms with van der Waals surface area (Å²) in [6.07, 6.45) is 3.47. The molecule has 0 aromatic carbocycles. The van der Waals surface area contributed by atoms with Gasteiger partial charge in [0.05, 0.1) is 0 Å². The van der Waals surface area contributed by atoms with Crippen molar-refractivity contribution in [1.29, 1.82) is 0 Å². The van der Waals surface area contributed by atoms with E-state index < -0.39 is 0 Å². The van der Waals surface area contributed by atoms with Gasteiger partial charge in [-0.2, -0.15) is 0 Å². The van der Waals surface area contributed by atoms with E-state index in [2.05, 4.69) is 9.87 Å². The van der Waals surface area contributed by atoms with Crippen LogP contribution in [0.2, 0.25) is 0 Å². The molecule has 42 valence electrons. The SMILES string of the molecule is c1occ2c1NN[Se]2. The second-order valence-electron chi connectivity index (χ2n) is 1.48. The monoisotopic (exact) mass is 176 g/mol. The van der Waals surface area contributed by atoms with E-state index in [4.69, 9.17) is 4.42 Å². The summed E-state index contributed by atoms with van der Waals surface area (Å²) in [5, 5.41) is 0. The minimum atomic E-state index is 0.377. The van der Waals surface area contributed by atoms with Crippen molar-refractivity contribution in [1.82, 2.24) is 4.44 Å². The molecule has 2 N–H and O–H groups in total. The standard InChI is InChI=1S/C4H4N2OSe/c1-3-4(2-7-1)8-6-5-3/h1-2,5-6H. The van der Waals surface area contributed by atoms with Crippen molar-refractivity contribution in [3.05, 3.63) is 12.5 Å². The molecule has 1 aromatic rings. The van der Waals surface area contributed by atoms with Gasteiger partial charge in [0, 0.05) is 0 Å². The van der Waals surface area contributed by atoms with Crippen LogP contribution in [0.1, 0.15) is 0 Å². The summed E-state index contributed by atoms with van der Waals surface area (Å²) >= 11 is 0.377. The molecule has 1 aromatic heterocycles. The summed E-state index contributed by atoms with van der Waals surface area (Å²) in [5.41, 5.74) is 4.05. The fraction of sp³-hybridized carbons (Fsp3) is 0. The van der Waals surface area contributed by atoms with Gasteiger partial charge in [0.15, 0.2) is 0 Å². The Morgan fingerprint density at radius 3 is 3.38 bits per heavy atom. The fourth-order valence-corrected chi connectivity index (χ4v) is 1.82. The molecule has 0 bridgehead atoms. The molecule has 4 heteroatoms.